The van der Waals surface area contributed by atoms with E-state index in [-0.39, 0.29) is 11.9 Å². The van der Waals surface area contributed by atoms with Gasteiger partial charge in [-0.2, -0.15) is 5.10 Å². The molecule has 4 rings (SSSR count). The second-order valence-electron chi connectivity index (χ2n) is 6.90. The Balaban J connectivity index is 1.82. The van der Waals surface area contributed by atoms with Crippen LogP contribution >= 0.6 is 11.6 Å². The van der Waals surface area contributed by atoms with E-state index in [1.807, 2.05) is 53.4 Å². The molecule has 0 spiro atoms. The molecular formula is C22H22ClN3O2. The summed E-state index contributed by atoms with van der Waals surface area (Å²) in [5.74, 6) is 0.779. The Morgan fingerprint density at radius 3 is 2.50 bits per heavy atom. The molecule has 6 heteroatoms. The second kappa shape index (κ2) is 7.68. The van der Waals surface area contributed by atoms with E-state index >= 15 is 0 Å². The van der Waals surface area contributed by atoms with Crippen molar-refractivity contribution in [2.75, 3.05) is 13.7 Å². The minimum Gasteiger partial charge on any atom is -0.497 e. The third kappa shape index (κ3) is 3.16. The molecule has 1 N–H and O–H groups in total. The van der Waals surface area contributed by atoms with Crippen LogP contribution in [0, 0.1) is 0 Å². The van der Waals surface area contributed by atoms with Crippen molar-refractivity contribution in [2.45, 2.75) is 25.8 Å². The van der Waals surface area contributed by atoms with Crippen molar-refractivity contribution in [3.63, 3.8) is 0 Å². The van der Waals surface area contributed by atoms with E-state index in [1.165, 1.54) is 0 Å². The molecular weight excluding hydrogens is 374 g/mol. The van der Waals surface area contributed by atoms with Crippen molar-refractivity contribution in [3.05, 3.63) is 70.4 Å². The SMILES string of the molecule is CCCCN1C(=O)c2[nH]nc(-c3ccc(OC)cc3)c2C1c1ccc(Cl)cc1. The van der Waals surface area contributed by atoms with Gasteiger partial charge >= 0.3 is 0 Å². The van der Waals surface area contributed by atoms with Crippen LogP contribution in [0.15, 0.2) is 48.5 Å². The van der Waals surface area contributed by atoms with Crippen LogP contribution in [0.4, 0.5) is 0 Å². The maximum atomic E-state index is 13.1. The molecule has 1 aliphatic rings. The molecule has 1 unspecified atom stereocenters. The summed E-state index contributed by atoms with van der Waals surface area (Å²) in [6.07, 6.45) is 1.97. The molecule has 1 aromatic heterocycles. The van der Waals surface area contributed by atoms with Gasteiger partial charge in [0.1, 0.15) is 11.4 Å². The van der Waals surface area contributed by atoms with Crippen molar-refractivity contribution in [1.29, 1.82) is 0 Å². The van der Waals surface area contributed by atoms with Gasteiger partial charge in [-0.05, 0) is 48.4 Å². The summed E-state index contributed by atoms with van der Waals surface area (Å²) in [6, 6.07) is 15.3. The lowest BCUT2D eigenvalue weighted by atomic mass is 9.96. The quantitative estimate of drug-likeness (QED) is 0.632. The number of H-pyrrole nitrogens is 1. The van der Waals surface area contributed by atoms with Crippen LogP contribution in [-0.2, 0) is 0 Å². The van der Waals surface area contributed by atoms with Crippen LogP contribution in [0.3, 0.4) is 0 Å². The number of amides is 1. The average Bonchev–Trinajstić information content (AvgIpc) is 3.26. The molecule has 2 heterocycles. The first-order valence-electron chi connectivity index (χ1n) is 9.43. The Labute approximate surface area is 169 Å². The van der Waals surface area contributed by atoms with Crippen LogP contribution in [0.1, 0.15) is 47.4 Å². The van der Waals surface area contributed by atoms with Gasteiger partial charge in [0.2, 0.25) is 0 Å². The van der Waals surface area contributed by atoms with Gasteiger partial charge in [0, 0.05) is 22.7 Å². The van der Waals surface area contributed by atoms with Crippen LogP contribution in [0.5, 0.6) is 5.75 Å². The standard InChI is InChI=1S/C22H22ClN3O2/c1-3-4-13-26-21(15-5-9-16(23)10-6-15)18-19(24-25-20(18)22(26)27)14-7-11-17(28-2)12-8-14/h5-12,21H,3-4,13H2,1-2H3,(H,24,25). The lowest BCUT2D eigenvalue weighted by Crippen LogP contribution is -2.30. The van der Waals surface area contributed by atoms with E-state index in [0.29, 0.717) is 17.3 Å². The smallest absolute Gasteiger partial charge is 0.273 e. The Bertz CT molecular complexity index is 980. The summed E-state index contributed by atoms with van der Waals surface area (Å²) in [5.41, 5.74) is 4.27. The third-order valence-corrected chi connectivity index (χ3v) is 5.42. The number of halogens is 1. The molecule has 1 aliphatic heterocycles. The first kappa shape index (κ1) is 18.6. The molecule has 0 bridgehead atoms. The van der Waals surface area contributed by atoms with Crippen molar-refractivity contribution < 1.29 is 9.53 Å². The topological polar surface area (TPSA) is 58.2 Å². The van der Waals surface area contributed by atoms with Gasteiger partial charge in [-0.3, -0.25) is 9.89 Å². The van der Waals surface area contributed by atoms with E-state index in [9.17, 15) is 4.79 Å². The average molecular weight is 396 g/mol. The van der Waals surface area contributed by atoms with Crippen molar-refractivity contribution in [1.82, 2.24) is 15.1 Å². The lowest BCUT2D eigenvalue weighted by molar-refractivity contribution is 0.0741. The maximum Gasteiger partial charge on any atom is 0.273 e. The molecule has 1 atom stereocenters. The number of methoxy groups -OCH3 is 1. The van der Waals surface area contributed by atoms with Gasteiger partial charge < -0.3 is 9.64 Å². The van der Waals surface area contributed by atoms with Gasteiger partial charge in [-0.25, -0.2) is 0 Å². The number of carbonyl (C=O) groups excluding carboxylic acids is 1. The Kier molecular flexibility index (Phi) is 5.09. The largest absolute Gasteiger partial charge is 0.497 e. The molecule has 5 nitrogen and oxygen atoms in total. The Morgan fingerprint density at radius 2 is 1.86 bits per heavy atom. The van der Waals surface area contributed by atoms with E-state index in [4.69, 9.17) is 16.3 Å². The number of aromatic nitrogens is 2. The molecule has 0 aliphatic carbocycles. The lowest BCUT2D eigenvalue weighted by Gasteiger charge is -2.26. The summed E-state index contributed by atoms with van der Waals surface area (Å²) < 4.78 is 5.26. The monoisotopic (exact) mass is 395 g/mol. The molecule has 3 aromatic rings. The number of nitrogens with zero attached hydrogens (tertiary/aromatic N) is 2. The summed E-state index contributed by atoms with van der Waals surface area (Å²) >= 11 is 6.09. The molecule has 2 aromatic carbocycles. The van der Waals surface area contributed by atoms with E-state index in [0.717, 1.165) is 41.0 Å². The molecule has 0 fully saturated rings. The zero-order valence-electron chi connectivity index (χ0n) is 15.9. The Morgan fingerprint density at radius 1 is 1.14 bits per heavy atom. The zero-order valence-corrected chi connectivity index (χ0v) is 16.7. The van der Waals surface area contributed by atoms with Crippen LogP contribution in [-0.4, -0.2) is 34.7 Å². The van der Waals surface area contributed by atoms with Crippen LogP contribution < -0.4 is 4.74 Å². The number of aromatic amines is 1. The second-order valence-corrected chi connectivity index (χ2v) is 7.33. The highest BCUT2D eigenvalue weighted by molar-refractivity contribution is 6.30. The van der Waals surface area contributed by atoms with Gasteiger partial charge in [0.15, 0.2) is 0 Å². The predicted molar refractivity (Wildman–Crippen MR) is 110 cm³/mol. The normalized spacial score (nSPS) is 15.8. The van der Waals surface area contributed by atoms with Crippen LogP contribution in [0.2, 0.25) is 5.02 Å². The molecule has 0 saturated heterocycles. The summed E-state index contributed by atoms with van der Waals surface area (Å²) in [7, 11) is 1.64. The highest BCUT2D eigenvalue weighted by atomic mass is 35.5. The number of carbonyl (C=O) groups is 1. The number of unbranched alkanes of at least 4 members (excludes halogenated alkanes) is 1. The number of hydrogen-bond acceptors (Lipinski definition) is 3. The molecule has 28 heavy (non-hydrogen) atoms. The number of hydrogen-bond donors (Lipinski definition) is 1. The summed E-state index contributed by atoms with van der Waals surface area (Å²) in [4.78, 5) is 15.0. The molecule has 144 valence electrons. The number of rotatable bonds is 6. The minimum atomic E-state index is -0.179. The van der Waals surface area contributed by atoms with E-state index in [1.54, 1.807) is 7.11 Å². The first-order valence-corrected chi connectivity index (χ1v) is 9.81. The van der Waals surface area contributed by atoms with Gasteiger partial charge in [0.05, 0.1) is 18.8 Å². The number of benzene rings is 2. The van der Waals surface area contributed by atoms with Crippen molar-refractivity contribution >= 4 is 17.5 Å². The summed E-state index contributed by atoms with van der Waals surface area (Å²) in [6.45, 7) is 2.83. The fourth-order valence-electron chi connectivity index (χ4n) is 3.72. The Hall–Kier alpha value is -2.79. The highest BCUT2D eigenvalue weighted by Crippen LogP contribution is 2.43. The fraction of sp³-hybridized carbons (Fsp3) is 0.273. The fourth-order valence-corrected chi connectivity index (χ4v) is 3.84. The van der Waals surface area contributed by atoms with Gasteiger partial charge in [-0.15, -0.1) is 0 Å². The van der Waals surface area contributed by atoms with Gasteiger partial charge in [0.25, 0.3) is 5.91 Å². The zero-order chi connectivity index (χ0) is 19.7. The van der Waals surface area contributed by atoms with Gasteiger partial charge in [-0.1, -0.05) is 37.1 Å². The minimum absolute atomic E-state index is 0.00402. The van der Waals surface area contributed by atoms with Crippen molar-refractivity contribution in [3.8, 4) is 17.0 Å². The maximum absolute atomic E-state index is 13.1. The highest BCUT2D eigenvalue weighted by Gasteiger charge is 2.41. The number of ether oxygens (including phenoxy) is 1. The number of nitrogens with one attached hydrogen (secondary N) is 1. The van der Waals surface area contributed by atoms with E-state index in [2.05, 4.69) is 17.1 Å². The third-order valence-electron chi connectivity index (χ3n) is 5.17. The number of fused-ring (bicyclic) bond motifs is 1. The first-order chi connectivity index (χ1) is 13.6. The van der Waals surface area contributed by atoms with Crippen LogP contribution in [0.25, 0.3) is 11.3 Å². The van der Waals surface area contributed by atoms with Crippen molar-refractivity contribution in [2.24, 2.45) is 0 Å². The van der Waals surface area contributed by atoms with E-state index < -0.39 is 0 Å². The predicted octanol–water partition coefficient (Wildman–Crippen LogP) is 5.08. The molecule has 1 amide bonds. The summed E-state index contributed by atoms with van der Waals surface area (Å²) in [5, 5.41) is 8.14. The molecule has 0 saturated carbocycles. The molecule has 0 radical (unpaired) electrons.